The predicted molar refractivity (Wildman–Crippen MR) is 76.9 cm³/mol. The second-order valence-electron chi connectivity index (χ2n) is 5.87. The Bertz CT molecular complexity index is 579. The van der Waals surface area contributed by atoms with E-state index in [2.05, 4.69) is 21.8 Å². The lowest BCUT2D eigenvalue weighted by molar-refractivity contribution is 0.0923. The van der Waals surface area contributed by atoms with Gasteiger partial charge in [-0.2, -0.15) is 4.98 Å². The Balaban J connectivity index is 1.67. The first-order chi connectivity index (χ1) is 9.79. The molecule has 0 unspecified atom stereocenters. The van der Waals surface area contributed by atoms with Gasteiger partial charge in [0.25, 0.3) is 6.01 Å². The van der Waals surface area contributed by atoms with Crippen molar-refractivity contribution in [3.05, 3.63) is 24.3 Å². The average Bonchev–Trinajstić information content (AvgIpc) is 2.69. The number of nitrogens with zero attached hydrogens (tertiary/aromatic N) is 3. The Hall–Kier alpha value is -1.59. The van der Waals surface area contributed by atoms with Crippen LogP contribution in [0.5, 0.6) is 0 Å². The van der Waals surface area contributed by atoms with Crippen LogP contribution in [0.15, 0.2) is 28.7 Å². The second kappa shape index (κ2) is 4.75. The number of hydrogen-bond acceptors (Lipinski definition) is 5. The van der Waals surface area contributed by atoms with Gasteiger partial charge in [0.2, 0.25) is 0 Å². The molecule has 0 amide bonds. The highest BCUT2D eigenvalue weighted by atomic mass is 16.5. The summed E-state index contributed by atoms with van der Waals surface area (Å²) in [6.45, 7) is 4.58. The van der Waals surface area contributed by atoms with Crippen LogP contribution < -0.4 is 4.90 Å². The summed E-state index contributed by atoms with van der Waals surface area (Å²) >= 11 is 0. The lowest BCUT2D eigenvalue weighted by atomic mass is 10.1. The van der Waals surface area contributed by atoms with Crippen molar-refractivity contribution in [2.75, 3.05) is 44.8 Å². The molecule has 0 spiro atoms. The van der Waals surface area contributed by atoms with Gasteiger partial charge in [0.15, 0.2) is 5.58 Å². The van der Waals surface area contributed by atoms with Crippen LogP contribution in [0.25, 0.3) is 11.1 Å². The van der Waals surface area contributed by atoms with E-state index < -0.39 is 0 Å². The molecule has 20 heavy (non-hydrogen) atoms. The minimum absolute atomic E-state index is 0.414. The molecule has 2 aliphatic rings. The zero-order valence-electron chi connectivity index (χ0n) is 11.7. The number of rotatable bonds is 1. The summed E-state index contributed by atoms with van der Waals surface area (Å²) in [5, 5.41) is 0. The smallest absolute Gasteiger partial charge is 0.298 e. The Kier molecular flexibility index (Phi) is 2.89. The van der Waals surface area contributed by atoms with Crippen LogP contribution in [0.3, 0.4) is 0 Å². The summed E-state index contributed by atoms with van der Waals surface area (Å²) in [5.41, 5.74) is 1.79. The minimum Gasteiger partial charge on any atom is -0.423 e. The number of aromatic nitrogens is 1. The van der Waals surface area contributed by atoms with Crippen LogP contribution in [0.4, 0.5) is 6.01 Å². The fraction of sp³-hybridized carbons (Fsp3) is 0.533. The molecule has 1 aromatic carbocycles. The van der Waals surface area contributed by atoms with Gasteiger partial charge in [-0.05, 0) is 19.2 Å². The van der Waals surface area contributed by atoms with Crippen LogP contribution in [0, 0.1) is 5.92 Å². The van der Waals surface area contributed by atoms with Gasteiger partial charge in [0.05, 0.1) is 19.3 Å². The van der Waals surface area contributed by atoms with E-state index in [0.29, 0.717) is 12.0 Å². The first-order valence-electron chi connectivity index (χ1n) is 7.18. The van der Waals surface area contributed by atoms with E-state index in [9.17, 15) is 0 Å². The van der Waals surface area contributed by atoms with Gasteiger partial charge in [-0.1, -0.05) is 12.1 Å². The highest BCUT2D eigenvalue weighted by molar-refractivity contribution is 5.74. The van der Waals surface area contributed by atoms with E-state index in [-0.39, 0.29) is 0 Å². The number of hydrogen-bond donors (Lipinski definition) is 0. The number of ether oxygens (including phenoxy) is 1. The van der Waals surface area contributed by atoms with Crippen molar-refractivity contribution in [3.8, 4) is 0 Å². The maximum atomic E-state index is 5.92. The summed E-state index contributed by atoms with van der Waals surface area (Å²) in [4.78, 5) is 9.31. The van der Waals surface area contributed by atoms with E-state index >= 15 is 0 Å². The van der Waals surface area contributed by atoms with E-state index in [0.717, 1.165) is 50.0 Å². The van der Waals surface area contributed by atoms with Crippen molar-refractivity contribution in [1.82, 2.24) is 9.88 Å². The van der Waals surface area contributed by atoms with Gasteiger partial charge >= 0.3 is 0 Å². The van der Waals surface area contributed by atoms with Crippen molar-refractivity contribution < 1.29 is 9.15 Å². The second-order valence-corrected chi connectivity index (χ2v) is 5.87. The van der Waals surface area contributed by atoms with E-state index in [1.54, 1.807) is 0 Å². The standard InChI is InChI=1S/C15H19N3O2/c1-17-6-11-7-18(8-12(17)10-19-9-11)15-16-13-4-2-3-5-14(13)20-15/h2-5,11-12H,6-10H2,1H3/t11-,12+/m1/s1. The van der Waals surface area contributed by atoms with Gasteiger partial charge in [0, 0.05) is 25.6 Å². The van der Waals surface area contributed by atoms with Crippen molar-refractivity contribution in [3.63, 3.8) is 0 Å². The van der Waals surface area contributed by atoms with E-state index in [1.807, 2.05) is 24.3 Å². The third-order valence-corrected chi connectivity index (χ3v) is 4.30. The summed E-state index contributed by atoms with van der Waals surface area (Å²) in [5.74, 6) is 0.516. The van der Waals surface area contributed by atoms with Crippen molar-refractivity contribution in [2.45, 2.75) is 6.04 Å². The molecule has 106 valence electrons. The minimum atomic E-state index is 0.414. The number of anilines is 1. The van der Waals surface area contributed by atoms with Crippen LogP contribution >= 0.6 is 0 Å². The van der Waals surface area contributed by atoms with Gasteiger partial charge in [-0.15, -0.1) is 0 Å². The van der Waals surface area contributed by atoms with E-state index in [1.165, 1.54) is 0 Å². The van der Waals surface area contributed by atoms with Gasteiger partial charge in [-0.25, -0.2) is 0 Å². The predicted octanol–water partition coefficient (Wildman–Crippen LogP) is 1.59. The SMILES string of the molecule is CN1C[C@H]2COC[C@@H]1CN(c1nc3ccccc3o1)C2. The fourth-order valence-electron chi connectivity index (χ4n) is 3.20. The molecule has 2 aromatic rings. The molecule has 2 aliphatic heterocycles. The Morgan fingerprint density at radius 3 is 2.95 bits per heavy atom. The molecule has 0 aliphatic carbocycles. The number of benzene rings is 1. The van der Waals surface area contributed by atoms with Crippen molar-refractivity contribution >= 4 is 17.1 Å². The summed E-state index contributed by atoms with van der Waals surface area (Å²) in [7, 11) is 2.18. The Morgan fingerprint density at radius 1 is 1.15 bits per heavy atom. The third kappa shape index (κ3) is 2.07. The van der Waals surface area contributed by atoms with Crippen LogP contribution in [0.1, 0.15) is 0 Å². The molecule has 0 N–H and O–H groups in total. The first-order valence-corrected chi connectivity index (χ1v) is 7.18. The molecule has 1 aromatic heterocycles. The molecular formula is C15H19N3O2. The molecule has 0 radical (unpaired) electrons. The van der Waals surface area contributed by atoms with Gasteiger partial charge < -0.3 is 14.1 Å². The molecule has 2 atom stereocenters. The average molecular weight is 273 g/mol. The molecule has 0 saturated carbocycles. The molecule has 5 nitrogen and oxygen atoms in total. The number of para-hydroxylation sites is 2. The van der Waals surface area contributed by atoms with Gasteiger partial charge in [-0.3, -0.25) is 4.90 Å². The molecule has 2 fully saturated rings. The van der Waals surface area contributed by atoms with Crippen LogP contribution in [-0.4, -0.2) is 55.8 Å². The monoisotopic (exact) mass is 273 g/mol. The lowest BCUT2D eigenvalue weighted by Gasteiger charge is -2.28. The lowest BCUT2D eigenvalue weighted by Crippen LogP contribution is -2.42. The maximum absolute atomic E-state index is 5.92. The zero-order chi connectivity index (χ0) is 13.5. The molecule has 3 heterocycles. The largest absolute Gasteiger partial charge is 0.423 e. The molecule has 5 heteroatoms. The maximum Gasteiger partial charge on any atom is 0.298 e. The number of fused-ring (bicyclic) bond motifs is 4. The number of oxazole rings is 1. The highest BCUT2D eigenvalue weighted by Gasteiger charge is 2.33. The van der Waals surface area contributed by atoms with Crippen LogP contribution in [0.2, 0.25) is 0 Å². The van der Waals surface area contributed by atoms with E-state index in [4.69, 9.17) is 9.15 Å². The summed E-state index contributed by atoms with van der Waals surface area (Å²) < 4.78 is 11.7. The summed E-state index contributed by atoms with van der Waals surface area (Å²) in [6, 6.07) is 9.11. The third-order valence-electron chi connectivity index (χ3n) is 4.30. The normalized spacial score (nSPS) is 27.8. The molecule has 4 rings (SSSR count). The molecular weight excluding hydrogens is 254 g/mol. The number of likely N-dealkylation sites (N-methyl/N-ethyl adjacent to an activating group) is 1. The van der Waals surface area contributed by atoms with Crippen molar-refractivity contribution in [1.29, 1.82) is 0 Å². The highest BCUT2D eigenvalue weighted by Crippen LogP contribution is 2.26. The topological polar surface area (TPSA) is 41.7 Å². The first kappa shape index (κ1) is 12.2. The Labute approximate surface area is 118 Å². The van der Waals surface area contributed by atoms with Crippen molar-refractivity contribution in [2.24, 2.45) is 5.92 Å². The summed E-state index contributed by atoms with van der Waals surface area (Å²) in [6.07, 6.45) is 0. The Morgan fingerprint density at radius 2 is 2.05 bits per heavy atom. The fourth-order valence-corrected chi connectivity index (χ4v) is 3.20. The van der Waals surface area contributed by atoms with Gasteiger partial charge in [0.1, 0.15) is 5.52 Å². The zero-order valence-corrected chi connectivity index (χ0v) is 11.7. The molecule has 2 saturated heterocycles. The quantitative estimate of drug-likeness (QED) is 0.789. The van der Waals surface area contributed by atoms with Crippen LogP contribution in [-0.2, 0) is 4.74 Å². The molecule has 2 bridgehead atoms.